The lowest BCUT2D eigenvalue weighted by atomic mass is 9.48. The van der Waals surface area contributed by atoms with E-state index in [4.69, 9.17) is 17.2 Å². The van der Waals surface area contributed by atoms with Crippen molar-refractivity contribution >= 4 is 13.4 Å². The number of hydrogen-bond acceptors (Lipinski definition) is 6. The first-order valence-electron chi connectivity index (χ1n) is 4.58. The molecule has 7 N–H and O–H groups in total. The molecule has 0 heterocycles. The molecule has 3 aliphatic rings. The molecule has 82 valence electrons. The monoisotopic (exact) mass is 209 g/mol. The van der Waals surface area contributed by atoms with E-state index in [-0.39, 0.29) is 5.76 Å². The molecular formula is C9H15N5O. The Labute approximate surface area is 87.6 Å². The Balaban J connectivity index is 2.65. The molecule has 1 saturated carbocycles. The van der Waals surface area contributed by atoms with Gasteiger partial charge in [-0.05, 0) is 13.4 Å². The molecule has 6 heteroatoms. The molecule has 1 fully saturated rings. The molecule has 3 atom stereocenters. The minimum Gasteiger partial charge on any atom is -0.508 e. The molecule has 0 aliphatic heterocycles. The zero-order valence-corrected chi connectivity index (χ0v) is 8.40. The normalized spacial score (nSPS) is 48.4. The van der Waals surface area contributed by atoms with Gasteiger partial charge in [0.05, 0.1) is 11.2 Å². The molecule has 15 heavy (non-hydrogen) atoms. The van der Waals surface area contributed by atoms with Crippen molar-refractivity contribution in [3.63, 3.8) is 0 Å². The summed E-state index contributed by atoms with van der Waals surface area (Å²) in [6.07, 6.45) is 0.692. The zero-order valence-electron chi connectivity index (χ0n) is 8.40. The molecule has 3 aliphatic carbocycles. The van der Waals surface area contributed by atoms with Crippen LogP contribution in [0.5, 0.6) is 0 Å². The number of aliphatic imine (C=N–C) groups is 2. The second kappa shape index (κ2) is 2.40. The van der Waals surface area contributed by atoms with Crippen molar-refractivity contribution in [2.24, 2.45) is 27.2 Å². The molecule has 0 radical (unpaired) electrons. The van der Waals surface area contributed by atoms with Crippen LogP contribution in [0.25, 0.3) is 0 Å². The SMILES string of the molecule is C=NC12CC(N)(CC(N)=C1O)C2(N)N=C. The van der Waals surface area contributed by atoms with E-state index in [0.29, 0.717) is 18.5 Å². The van der Waals surface area contributed by atoms with Crippen LogP contribution in [0.3, 0.4) is 0 Å². The summed E-state index contributed by atoms with van der Waals surface area (Å²) >= 11 is 0. The van der Waals surface area contributed by atoms with Crippen molar-refractivity contribution in [1.29, 1.82) is 0 Å². The third-order valence-corrected chi connectivity index (χ3v) is 3.68. The molecule has 0 amide bonds. The maximum Gasteiger partial charge on any atom is 0.160 e. The predicted molar refractivity (Wildman–Crippen MR) is 58.7 cm³/mol. The minimum absolute atomic E-state index is 0.0697. The Hall–Kier alpha value is -1.40. The number of aliphatic hydroxyl groups is 1. The maximum absolute atomic E-state index is 9.91. The van der Waals surface area contributed by atoms with Crippen LogP contribution in [0.15, 0.2) is 21.4 Å². The smallest absolute Gasteiger partial charge is 0.160 e. The first kappa shape index (κ1) is 10.1. The van der Waals surface area contributed by atoms with Crippen LogP contribution in [0.4, 0.5) is 0 Å². The summed E-state index contributed by atoms with van der Waals surface area (Å²) in [4.78, 5) is 7.70. The summed E-state index contributed by atoms with van der Waals surface area (Å²) < 4.78 is 0. The van der Waals surface area contributed by atoms with Gasteiger partial charge in [0, 0.05) is 12.8 Å². The van der Waals surface area contributed by atoms with E-state index in [1.165, 1.54) is 0 Å². The zero-order chi connectivity index (χ0) is 11.5. The molecule has 3 rings (SSSR count). The van der Waals surface area contributed by atoms with Crippen LogP contribution >= 0.6 is 0 Å². The topological polar surface area (TPSA) is 123 Å². The third-order valence-electron chi connectivity index (χ3n) is 3.68. The fourth-order valence-corrected chi connectivity index (χ4v) is 2.72. The maximum atomic E-state index is 9.91. The van der Waals surface area contributed by atoms with Crippen molar-refractivity contribution in [3.8, 4) is 0 Å². The highest BCUT2D eigenvalue weighted by Crippen LogP contribution is 2.59. The molecule has 0 aromatic carbocycles. The van der Waals surface area contributed by atoms with Crippen molar-refractivity contribution in [1.82, 2.24) is 0 Å². The van der Waals surface area contributed by atoms with Crippen LogP contribution < -0.4 is 17.2 Å². The van der Waals surface area contributed by atoms with Gasteiger partial charge in [0.1, 0.15) is 5.76 Å². The van der Waals surface area contributed by atoms with Gasteiger partial charge in [-0.15, -0.1) is 0 Å². The molecule has 0 spiro atoms. The number of hydrogen-bond donors (Lipinski definition) is 4. The van der Waals surface area contributed by atoms with Gasteiger partial charge >= 0.3 is 0 Å². The van der Waals surface area contributed by atoms with Crippen LogP contribution in [0.2, 0.25) is 0 Å². The fourth-order valence-electron chi connectivity index (χ4n) is 2.72. The Morgan fingerprint density at radius 1 is 1.27 bits per heavy atom. The number of nitrogens with zero attached hydrogens (tertiary/aromatic N) is 2. The first-order chi connectivity index (χ1) is 6.87. The lowest BCUT2D eigenvalue weighted by Gasteiger charge is -2.65. The second-order valence-corrected chi connectivity index (χ2v) is 4.33. The number of rotatable bonds is 2. The van der Waals surface area contributed by atoms with Crippen LogP contribution in [-0.2, 0) is 0 Å². The fraction of sp³-hybridized carbons (Fsp3) is 0.556. The van der Waals surface area contributed by atoms with Gasteiger partial charge in [0.25, 0.3) is 0 Å². The molecule has 0 saturated heterocycles. The van der Waals surface area contributed by atoms with Crippen molar-refractivity contribution in [2.45, 2.75) is 29.6 Å². The van der Waals surface area contributed by atoms with E-state index in [0.717, 1.165) is 0 Å². The van der Waals surface area contributed by atoms with Crippen LogP contribution in [0, 0.1) is 0 Å². The lowest BCUT2D eigenvalue weighted by Crippen LogP contribution is -2.88. The number of nitrogens with two attached hydrogens (primary N) is 3. The highest BCUT2D eigenvalue weighted by atomic mass is 16.3. The van der Waals surface area contributed by atoms with Gasteiger partial charge in [0.2, 0.25) is 0 Å². The summed E-state index contributed by atoms with van der Waals surface area (Å²) in [5.74, 6) is -0.0697. The Morgan fingerprint density at radius 2 is 1.87 bits per heavy atom. The standard InChI is InChI=1S/C9H15N5O/c1-13-8-4-7(11,9(8,12)14-2)3-5(10)6(8)15/h15H,1-4,10-12H2. The molecule has 2 bridgehead atoms. The summed E-state index contributed by atoms with van der Waals surface area (Å²) in [6.45, 7) is 6.85. The Kier molecular flexibility index (Phi) is 1.62. The average Bonchev–Trinajstić information content (AvgIpc) is 2.21. The molecular weight excluding hydrogens is 194 g/mol. The van der Waals surface area contributed by atoms with E-state index < -0.39 is 16.7 Å². The van der Waals surface area contributed by atoms with Gasteiger partial charge in [0.15, 0.2) is 11.2 Å². The minimum atomic E-state index is -1.21. The summed E-state index contributed by atoms with van der Waals surface area (Å²) in [7, 11) is 0. The molecule has 3 unspecified atom stereocenters. The predicted octanol–water partition coefficient (Wildman–Crippen LogP) is -0.985. The highest BCUT2D eigenvalue weighted by molar-refractivity contribution is 5.52. The van der Waals surface area contributed by atoms with Crippen molar-refractivity contribution in [2.75, 3.05) is 0 Å². The molecule has 6 nitrogen and oxygen atoms in total. The van der Waals surface area contributed by atoms with Gasteiger partial charge in [-0.1, -0.05) is 0 Å². The van der Waals surface area contributed by atoms with Crippen molar-refractivity contribution in [3.05, 3.63) is 11.5 Å². The number of fused-ring (bicyclic) bond motifs is 1. The molecule has 0 aromatic rings. The first-order valence-corrected chi connectivity index (χ1v) is 4.58. The van der Waals surface area contributed by atoms with Gasteiger partial charge < -0.3 is 22.3 Å². The summed E-state index contributed by atoms with van der Waals surface area (Å²) in [5.41, 5.74) is 15.0. The van der Waals surface area contributed by atoms with E-state index >= 15 is 0 Å². The molecule has 0 aromatic heterocycles. The second-order valence-electron chi connectivity index (χ2n) is 4.33. The Morgan fingerprint density at radius 3 is 2.33 bits per heavy atom. The van der Waals surface area contributed by atoms with E-state index in [9.17, 15) is 5.11 Å². The van der Waals surface area contributed by atoms with E-state index in [1.807, 2.05) is 0 Å². The van der Waals surface area contributed by atoms with Gasteiger partial charge in [-0.3, -0.25) is 9.98 Å². The average molecular weight is 209 g/mol. The van der Waals surface area contributed by atoms with Gasteiger partial charge in [-0.2, -0.15) is 0 Å². The van der Waals surface area contributed by atoms with Gasteiger partial charge in [-0.25, -0.2) is 0 Å². The van der Waals surface area contributed by atoms with E-state index in [1.54, 1.807) is 0 Å². The lowest BCUT2D eigenvalue weighted by molar-refractivity contribution is -0.0339. The summed E-state index contributed by atoms with van der Waals surface area (Å²) in [5, 5.41) is 9.91. The van der Waals surface area contributed by atoms with E-state index in [2.05, 4.69) is 23.4 Å². The quantitative estimate of drug-likeness (QED) is 0.436. The largest absolute Gasteiger partial charge is 0.508 e. The van der Waals surface area contributed by atoms with Crippen molar-refractivity contribution < 1.29 is 5.11 Å². The number of aliphatic hydroxyl groups excluding tert-OH is 1. The van der Waals surface area contributed by atoms with Crippen LogP contribution in [0.1, 0.15) is 12.8 Å². The third kappa shape index (κ3) is 0.745. The summed E-state index contributed by atoms with van der Waals surface area (Å²) in [6, 6.07) is 0. The Bertz CT molecular complexity index is 392. The van der Waals surface area contributed by atoms with Crippen LogP contribution in [-0.4, -0.2) is 35.3 Å². The highest BCUT2D eigenvalue weighted by Gasteiger charge is 2.76.